The lowest BCUT2D eigenvalue weighted by Gasteiger charge is -2.35. The minimum Gasteiger partial charge on any atom is -0.387 e. The molecule has 460 valence electrons. The average Bonchev–Trinajstić information content (AvgIpc) is 3.96. The van der Waals surface area contributed by atoms with E-state index in [0.29, 0.717) is 16.7 Å². The number of nitrogens with zero attached hydrogens (tertiary/aromatic N) is 4. The normalized spacial score (nSPS) is 13.5. The number of fused-ring (bicyclic) bond motifs is 1. The number of nitrogens with two attached hydrogens (primary N) is 1. The third kappa shape index (κ3) is 36.5. The molecule has 0 radical (unpaired) electrons. The van der Waals surface area contributed by atoms with Crippen molar-refractivity contribution in [1.82, 2.24) is 10.2 Å². The van der Waals surface area contributed by atoms with Gasteiger partial charge in [-0.1, -0.05) is 185 Å². The third-order valence-corrected chi connectivity index (χ3v) is 17.1. The van der Waals surface area contributed by atoms with E-state index < -0.39 is 0 Å². The fourth-order valence-electron chi connectivity index (χ4n) is 9.96. The highest BCUT2D eigenvalue weighted by molar-refractivity contribution is 7.99. The minimum absolute atomic E-state index is 0.420. The monoisotopic (exact) mass is 1160 g/mol. The Bertz CT molecular complexity index is 2140. The van der Waals surface area contributed by atoms with Gasteiger partial charge in [0.25, 0.3) is 0 Å². The molecule has 3 aromatic rings. The molecule has 1 aliphatic rings. The van der Waals surface area contributed by atoms with E-state index in [2.05, 4.69) is 205 Å². The van der Waals surface area contributed by atoms with Gasteiger partial charge in [-0.05, 0) is 166 Å². The van der Waals surface area contributed by atoms with Crippen molar-refractivity contribution >= 4 is 42.1 Å². The van der Waals surface area contributed by atoms with Crippen LogP contribution in [0.15, 0.2) is 137 Å². The van der Waals surface area contributed by atoms with Crippen molar-refractivity contribution < 1.29 is 0 Å². The number of thioether (sulfide) groups is 1. The lowest BCUT2D eigenvalue weighted by atomic mass is 9.70. The molecule has 0 amide bonds. The van der Waals surface area contributed by atoms with Crippen molar-refractivity contribution in [3.8, 4) is 25.7 Å². The molecule has 0 saturated heterocycles. The van der Waals surface area contributed by atoms with Crippen molar-refractivity contribution in [1.29, 1.82) is 0 Å². The van der Waals surface area contributed by atoms with Crippen LogP contribution in [0.4, 0.5) is 5.69 Å². The van der Waals surface area contributed by atoms with Crippen LogP contribution < -0.4 is 16.0 Å². The predicted octanol–water partition coefficient (Wildman–Crippen LogP) is 20.4. The number of rotatable bonds is 32. The standard InChI is InChI=1S/C34H53N3S.C22H41NS.C9H11N.C3H7N.C2H6.2C2H2/c1-6-8-22-34(23-9-7-2)25-31(30-24-29(37(4)5)20-21-32(30)38-26-34)28-18-16-27(17-19-28)14-12-10-11-13-15-33(35)36-3;1-7-10-15-22(19-24,16-11-8-2)17-12-14-20(4)18-21(13-9-3)23(5)6;1-2-10-8-9-6-4-3-5-7-9;1-3-4-2;3*1-2/h16-21,24,31H,6-15,22-23,25-26H2,1-5H3,(H2,35,36);9,13,18,24H,3,7-8,10-12,14-17,19H2,1-2,4-6H3;2-7,10H,1,8H2;3H,1-2H3;1-2H3;2*1-2H/b;20-18+,21-13+;;;;;/t31-;;;;;;/m1....../s1. The van der Waals surface area contributed by atoms with E-state index in [1.165, 1.54) is 166 Å². The Morgan fingerprint density at radius 3 is 1.82 bits per heavy atom. The number of nitrogens with one attached hydrogen (secondary N) is 1. The molecule has 1 atom stereocenters. The number of amidine groups is 1. The van der Waals surface area contributed by atoms with Gasteiger partial charge in [-0.25, -0.2) is 0 Å². The molecule has 0 fully saturated rings. The van der Waals surface area contributed by atoms with E-state index in [0.717, 1.165) is 37.4 Å². The zero-order chi connectivity index (χ0) is 62.5. The largest absolute Gasteiger partial charge is 0.387 e. The number of benzene rings is 3. The highest BCUT2D eigenvalue weighted by Gasteiger charge is 2.37. The molecular formula is C74H122N6S2. The van der Waals surface area contributed by atoms with Gasteiger partial charge in [-0.2, -0.15) is 12.6 Å². The number of allylic oxidation sites excluding steroid dienone is 4. The molecule has 0 saturated carbocycles. The molecule has 8 heteroatoms. The summed E-state index contributed by atoms with van der Waals surface area (Å²) in [6, 6.07) is 27.1. The summed E-state index contributed by atoms with van der Waals surface area (Å²) in [7, 11) is 12.0. The summed E-state index contributed by atoms with van der Waals surface area (Å²) in [5, 5.41) is 3.03. The van der Waals surface area contributed by atoms with Crippen molar-refractivity contribution in [2.45, 2.75) is 214 Å². The number of terminal acetylenes is 2. The van der Waals surface area contributed by atoms with Gasteiger partial charge in [0.2, 0.25) is 0 Å². The number of thiol groups is 1. The maximum atomic E-state index is 5.83. The van der Waals surface area contributed by atoms with Gasteiger partial charge in [0, 0.05) is 83.2 Å². The smallest absolute Gasteiger partial charge is 0.0933 e. The maximum absolute atomic E-state index is 5.83. The first-order valence-electron chi connectivity index (χ1n) is 31.1. The Kier molecular flexibility index (Phi) is 53.4. The molecular weight excluding hydrogens is 1040 g/mol. The first-order valence-corrected chi connectivity index (χ1v) is 32.8. The Hall–Kier alpha value is -5.02. The van der Waals surface area contributed by atoms with Gasteiger partial charge in [-0.3, -0.25) is 4.99 Å². The van der Waals surface area contributed by atoms with E-state index in [4.69, 9.17) is 18.4 Å². The Morgan fingerprint density at radius 1 is 0.768 bits per heavy atom. The maximum Gasteiger partial charge on any atom is 0.0933 e. The fourth-order valence-corrected chi connectivity index (χ4v) is 11.8. The lowest BCUT2D eigenvalue weighted by molar-refractivity contribution is 0.233. The third-order valence-electron chi connectivity index (χ3n) is 15.0. The van der Waals surface area contributed by atoms with E-state index in [-0.39, 0.29) is 0 Å². The van der Waals surface area contributed by atoms with Crippen LogP contribution in [-0.2, 0) is 13.0 Å². The fraction of sp³-hybridized carbons (Fsp3) is 0.568. The number of likely N-dealkylation sites (N-methyl/N-ethyl adjacent to an activating group) is 1. The van der Waals surface area contributed by atoms with Gasteiger partial charge in [0.15, 0.2) is 0 Å². The van der Waals surface area contributed by atoms with E-state index in [1.807, 2.05) is 45.0 Å². The SMILES string of the molecule is C#C.C#C.C=C/C=C(\C=C(/C)CCCC(CS)(CCCC)CCCC)N(C)C.C=CNCc1ccccc1.CC.CC=NC.CCCCC1(CCCC)CSc2ccc(N(C)C)cc2[C@@H](c2ccc(CCCCCCC(N)=NC)cc2)C1. The second-order valence-corrected chi connectivity index (χ2v) is 23.1. The van der Waals surface area contributed by atoms with Gasteiger partial charge in [0.05, 0.1) is 5.84 Å². The number of aliphatic imine (C=N–C) groups is 2. The second kappa shape index (κ2) is 54.0. The number of aryl methyl sites for hydroxylation is 1. The molecule has 3 aromatic carbocycles. The Labute approximate surface area is 518 Å². The highest BCUT2D eigenvalue weighted by Crippen LogP contribution is 2.52. The number of anilines is 1. The molecule has 0 aromatic heterocycles. The van der Waals surface area contributed by atoms with Crippen LogP contribution in [0.3, 0.4) is 0 Å². The van der Waals surface area contributed by atoms with Crippen LogP contribution in [0.2, 0.25) is 0 Å². The lowest BCUT2D eigenvalue weighted by Crippen LogP contribution is -2.26. The molecule has 4 rings (SSSR count). The Balaban J connectivity index is -0.00000120. The summed E-state index contributed by atoms with van der Waals surface area (Å²) in [6.07, 6.45) is 53.6. The molecule has 0 aliphatic carbocycles. The van der Waals surface area contributed by atoms with E-state index >= 15 is 0 Å². The summed E-state index contributed by atoms with van der Waals surface area (Å²) in [6.45, 7) is 25.7. The summed E-state index contributed by atoms with van der Waals surface area (Å²) < 4.78 is 0. The zero-order valence-electron chi connectivity index (χ0n) is 55.0. The molecule has 3 N–H and O–H groups in total. The van der Waals surface area contributed by atoms with Crippen LogP contribution in [0, 0.1) is 36.5 Å². The van der Waals surface area contributed by atoms with Crippen LogP contribution in [-0.4, -0.2) is 70.7 Å². The molecule has 0 bridgehead atoms. The molecule has 0 spiro atoms. The minimum atomic E-state index is 0.420. The molecule has 1 aliphatic heterocycles. The number of hydrogen-bond donors (Lipinski definition) is 3. The van der Waals surface area contributed by atoms with Crippen LogP contribution in [0.25, 0.3) is 0 Å². The molecule has 6 nitrogen and oxygen atoms in total. The van der Waals surface area contributed by atoms with Crippen molar-refractivity contribution in [3.63, 3.8) is 0 Å². The molecule has 0 unspecified atom stereocenters. The summed E-state index contributed by atoms with van der Waals surface area (Å²) in [4.78, 5) is 13.6. The Morgan fingerprint density at radius 2 is 1.33 bits per heavy atom. The first-order chi connectivity index (χ1) is 39.7. The van der Waals surface area contributed by atoms with Gasteiger partial charge < -0.3 is 25.8 Å². The summed E-state index contributed by atoms with van der Waals surface area (Å²) in [5.74, 6) is 3.54. The number of unbranched alkanes of at least 4 members (excludes halogenated alkanes) is 7. The highest BCUT2D eigenvalue weighted by atomic mass is 32.2. The van der Waals surface area contributed by atoms with Gasteiger partial charge >= 0.3 is 0 Å². The van der Waals surface area contributed by atoms with Crippen LogP contribution in [0.5, 0.6) is 0 Å². The van der Waals surface area contributed by atoms with Crippen molar-refractivity contribution in [3.05, 3.63) is 144 Å². The topological polar surface area (TPSA) is 69.2 Å². The zero-order valence-corrected chi connectivity index (χ0v) is 56.7. The molecule has 82 heavy (non-hydrogen) atoms. The summed E-state index contributed by atoms with van der Waals surface area (Å²) >= 11 is 6.87. The second-order valence-electron chi connectivity index (χ2n) is 21.8. The van der Waals surface area contributed by atoms with E-state index in [9.17, 15) is 0 Å². The molecule has 1 heterocycles. The average molecular weight is 1160 g/mol. The van der Waals surface area contributed by atoms with E-state index in [1.54, 1.807) is 32.1 Å². The first kappa shape index (κ1) is 81.2. The summed E-state index contributed by atoms with van der Waals surface area (Å²) in [5.41, 5.74) is 16.5. The van der Waals surface area contributed by atoms with Crippen LogP contribution >= 0.6 is 24.4 Å². The van der Waals surface area contributed by atoms with Crippen LogP contribution in [0.1, 0.15) is 218 Å². The van der Waals surface area contributed by atoms with Crippen molar-refractivity contribution in [2.75, 3.05) is 58.7 Å². The van der Waals surface area contributed by atoms with Gasteiger partial charge in [0.1, 0.15) is 0 Å². The quantitative estimate of drug-likeness (QED) is 0.0145. The van der Waals surface area contributed by atoms with Crippen molar-refractivity contribution in [2.24, 2.45) is 26.5 Å². The number of hydrogen-bond acceptors (Lipinski definition) is 7. The van der Waals surface area contributed by atoms with Gasteiger partial charge in [-0.15, -0.1) is 37.5 Å². The predicted molar refractivity (Wildman–Crippen MR) is 380 cm³/mol.